The van der Waals surface area contributed by atoms with Crippen molar-refractivity contribution >= 4 is 11.8 Å². The van der Waals surface area contributed by atoms with E-state index in [-0.39, 0.29) is 17.9 Å². The zero-order valence-electron chi connectivity index (χ0n) is 17.4. The van der Waals surface area contributed by atoms with Gasteiger partial charge < -0.3 is 10.2 Å². The largest absolute Gasteiger partial charge is 0.352 e. The molecule has 28 heavy (non-hydrogen) atoms. The second-order valence-corrected chi connectivity index (χ2v) is 7.52. The highest BCUT2D eigenvalue weighted by Crippen LogP contribution is 2.14. The third kappa shape index (κ3) is 6.52. The Kier molecular flexibility index (Phi) is 8.24. The number of benzene rings is 2. The normalized spacial score (nSPS) is 11.9. The second kappa shape index (κ2) is 10.6. The number of amides is 2. The van der Waals surface area contributed by atoms with Gasteiger partial charge in [0.2, 0.25) is 11.8 Å². The maximum absolute atomic E-state index is 13.0. The number of aryl methyl sites for hydroxylation is 2. The molecule has 0 spiro atoms. The summed E-state index contributed by atoms with van der Waals surface area (Å²) in [6, 6.07) is 17.7. The van der Waals surface area contributed by atoms with Gasteiger partial charge in [-0.3, -0.25) is 9.59 Å². The minimum Gasteiger partial charge on any atom is -0.352 e. The second-order valence-electron chi connectivity index (χ2n) is 7.52. The van der Waals surface area contributed by atoms with E-state index in [0.29, 0.717) is 19.4 Å². The van der Waals surface area contributed by atoms with Crippen LogP contribution in [0.1, 0.15) is 50.8 Å². The fourth-order valence-corrected chi connectivity index (χ4v) is 3.10. The molecule has 1 atom stereocenters. The predicted molar refractivity (Wildman–Crippen MR) is 114 cm³/mol. The summed E-state index contributed by atoms with van der Waals surface area (Å²) in [6.45, 7) is 8.21. The molecule has 150 valence electrons. The molecule has 2 rings (SSSR count). The molecule has 0 aliphatic rings. The van der Waals surface area contributed by atoms with E-state index in [1.807, 2.05) is 44.2 Å². The van der Waals surface area contributed by atoms with Gasteiger partial charge in [-0.1, -0.05) is 61.5 Å². The Balaban J connectivity index is 2.09. The van der Waals surface area contributed by atoms with E-state index in [1.54, 1.807) is 11.8 Å². The van der Waals surface area contributed by atoms with Crippen LogP contribution >= 0.6 is 0 Å². The number of carbonyl (C=O) groups is 2. The summed E-state index contributed by atoms with van der Waals surface area (Å²) >= 11 is 0. The summed E-state index contributed by atoms with van der Waals surface area (Å²) < 4.78 is 0. The molecule has 2 amide bonds. The van der Waals surface area contributed by atoms with Crippen molar-refractivity contribution in [2.24, 2.45) is 0 Å². The molecule has 0 aromatic heterocycles. The van der Waals surface area contributed by atoms with Gasteiger partial charge in [0, 0.05) is 19.0 Å². The van der Waals surface area contributed by atoms with E-state index in [9.17, 15) is 9.59 Å². The van der Waals surface area contributed by atoms with Crippen LogP contribution in [-0.4, -0.2) is 28.8 Å². The quantitative estimate of drug-likeness (QED) is 0.711. The summed E-state index contributed by atoms with van der Waals surface area (Å²) in [5, 5.41) is 2.92. The summed E-state index contributed by atoms with van der Waals surface area (Å²) in [7, 11) is 0. The zero-order chi connectivity index (χ0) is 20.5. The molecule has 1 N–H and O–H groups in total. The molecule has 0 aliphatic carbocycles. The van der Waals surface area contributed by atoms with Crippen LogP contribution in [0.2, 0.25) is 0 Å². The standard InChI is InChI=1S/C24H32N2O2/c1-5-20-11-13-21(14-12-20)15-16-23(27)26(17-22-9-7-6-8-10-22)19(4)24(28)25-18(2)3/h6-14,18-19H,5,15-17H2,1-4H3,(H,25,28). The van der Waals surface area contributed by atoms with Crippen LogP contribution in [0, 0.1) is 0 Å². The van der Waals surface area contributed by atoms with Crippen molar-refractivity contribution in [3.63, 3.8) is 0 Å². The Hall–Kier alpha value is -2.62. The number of rotatable bonds is 9. The molecule has 0 saturated heterocycles. The Morgan fingerprint density at radius 3 is 2.07 bits per heavy atom. The number of hydrogen-bond acceptors (Lipinski definition) is 2. The lowest BCUT2D eigenvalue weighted by Gasteiger charge is -2.29. The first kappa shape index (κ1) is 21.7. The van der Waals surface area contributed by atoms with E-state index in [0.717, 1.165) is 17.5 Å². The van der Waals surface area contributed by atoms with Crippen LogP contribution in [0.4, 0.5) is 0 Å². The first-order chi connectivity index (χ1) is 13.4. The number of carbonyl (C=O) groups excluding carboxylic acids is 2. The highest BCUT2D eigenvalue weighted by molar-refractivity contribution is 5.87. The molecule has 0 radical (unpaired) electrons. The summed E-state index contributed by atoms with van der Waals surface area (Å²) in [5.41, 5.74) is 3.46. The van der Waals surface area contributed by atoms with Crippen LogP contribution in [0.25, 0.3) is 0 Å². The number of nitrogens with one attached hydrogen (secondary N) is 1. The smallest absolute Gasteiger partial charge is 0.242 e. The van der Waals surface area contributed by atoms with Crippen LogP contribution in [-0.2, 0) is 29.0 Å². The summed E-state index contributed by atoms with van der Waals surface area (Å²) in [4.78, 5) is 27.2. The highest BCUT2D eigenvalue weighted by Gasteiger charge is 2.26. The van der Waals surface area contributed by atoms with Gasteiger partial charge >= 0.3 is 0 Å². The first-order valence-corrected chi connectivity index (χ1v) is 10.1. The van der Waals surface area contributed by atoms with Crippen molar-refractivity contribution < 1.29 is 9.59 Å². The van der Waals surface area contributed by atoms with Crippen molar-refractivity contribution in [1.82, 2.24) is 10.2 Å². The molecule has 2 aromatic rings. The summed E-state index contributed by atoms with van der Waals surface area (Å²) in [6.07, 6.45) is 2.07. The third-order valence-electron chi connectivity index (χ3n) is 4.85. The van der Waals surface area contributed by atoms with Gasteiger partial charge in [-0.25, -0.2) is 0 Å². The van der Waals surface area contributed by atoms with E-state index in [2.05, 4.69) is 36.5 Å². The topological polar surface area (TPSA) is 49.4 Å². The molecular formula is C24H32N2O2. The van der Waals surface area contributed by atoms with E-state index >= 15 is 0 Å². The van der Waals surface area contributed by atoms with E-state index < -0.39 is 6.04 Å². The highest BCUT2D eigenvalue weighted by atomic mass is 16.2. The molecule has 4 heteroatoms. The fraction of sp³-hybridized carbons (Fsp3) is 0.417. The van der Waals surface area contributed by atoms with Gasteiger partial charge in [0.15, 0.2) is 0 Å². The van der Waals surface area contributed by atoms with Gasteiger partial charge in [-0.15, -0.1) is 0 Å². The van der Waals surface area contributed by atoms with Crippen LogP contribution in [0.3, 0.4) is 0 Å². The van der Waals surface area contributed by atoms with Crippen molar-refractivity contribution in [3.8, 4) is 0 Å². The van der Waals surface area contributed by atoms with Crippen molar-refractivity contribution in [2.45, 2.75) is 65.6 Å². The van der Waals surface area contributed by atoms with Gasteiger partial charge in [0.05, 0.1) is 0 Å². The summed E-state index contributed by atoms with van der Waals surface area (Å²) in [5.74, 6) is -0.124. The molecule has 0 aliphatic heterocycles. The average molecular weight is 381 g/mol. The van der Waals surface area contributed by atoms with Crippen molar-refractivity contribution in [3.05, 3.63) is 71.3 Å². The Morgan fingerprint density at radius 2 is 1.50 bits per heavy atom. The molecule has 2 aromatic carbocycles. The first-order valence-electron chi connectivity index (χ1n) is 10.1. The lowest BCUT2D eigenvalue weighted by Crippen LogP contribution is -2.49. The Morgan fingerprint density at radius 1 is 0.893 bits per heavy atom. The predicted octanol–water partition coefficient (Wildman–Crippen LogP) is 4.12. The molecule has 0 bridgehead atoms. The third-order valence-corrected chi connectivity index (χ3v) is 4.85. The minimum atomic E-state index is -0.516. The average Bonchev–Trinajstić information content (AvgIpc) is 2.70. The molecule has 0 saturated carbocycles. The van der Waals surface area contributed by atoms with Gasteiger partial charge in [0.25, 0.3) is 0 Å². The van der Waals surface area contributed by atoms with Crippen LogP contribution in [0.15, 0.2) is 54.6 Å². The molecule has 0 fully saturated rings. The maximum atomic E-state index is 13.0. The van der Waals surface area contributed by atoms with Crippen molar-refractivity contribution in [2.75, 3.05) is 0 Å². The monoisotopic (exact) mass is 380 g/mol. The minimum absolute atomic E-state index is 0.00479. The number of nitrogens with zero attached hydrogens (tertiary/aromatic N) is 1. The van der Waals surface area contributed by atoms with Gasteiger partial charge in [0.1, 0.15) is 6.04 Å². The van der Waals surface area contributed by atoms with E-state index in [4.69, 9.17) is 0 Å². The molecule has 1 unspecified atom stereocenters. The number of hydrogen-bond donors (Lipinski definition) is 1. The molecular weight excluding hydrogens is 348 g/mol. The maximum Gasteiger partial charge on any atom is 0.242 e. The zero-order valence-corrected chi connectivity index (χ0v) is 17.4. The lowest BCUT2D eigenvalue weighted by molar-refractivity contribution is -0.140. The van der Waals surface area contributed by atoms with E-state index in [1.165, 1.54) is 5.56 Å². The van der Waals surface area contributed by atoms with Crippen molar-refractivity contribution in [1.29, 1.82) is 0 Å². The SMILES string of the molecule is CCc1ccc(CCC(=O)N(Cc2ccccc2)C(C)C(=O)NC(C)C)cc1. The van der Waals surface area contributed by atoms with Crippen LogP contribution < -0.4 is 5.32 Å². The Bertz CT molecular complexity index is 754. The van der Waals surface area contributed by atoms with Gasteiger partial charge in [-0.05, 0) is 50.3 Å². The molecule has 0 heterocycles. The Labute approximate surface area is 169 Å². The molecule has 4 nitrogen and oxygen atoms in total. The van der Waals surface area contributed by atoms with Gasteiger partial charge in [-0.2, -0.15) is 0 Å². The fourth-order valence-electron chi connectivity index (χ4n) is 3.10. The lowest BCUT2D eigenvalue weighted by atomic mass is 10.0. The van der Waals surface area contributed by atoms with Crippen LogP contribution in [0.5, 0.6) is 0 Å².